The molecular formula is C15H21NO4. The molecule has 4 N–H and O–H groups in total. The second kappa shape index (κ2) is 6.61. The minimum Gasteiger partial charge on any atom is -0.507 e. The predicted molar refractivity (Wildman–Crippen MR) is 74.6 cm³/mol. The monoisotopic (exact) mass is 279 g/mol. The summed E-state index contributed by atoms with van der Waals surface area (Å²) >= 11 is 0. The molecule has 2 atom stereocenters. The highest BCUT2D eigenvalue weighted by Crippen LogP contribution is 2.30. The number of aliphatic hydroxyl groups is 1. The van der Waals surface area contributed by atoms with Gasteiger partial charge in [0.05, 0.1) is 0 Å². The van der Waals surface area contributed by atoms with Crippen LogP contribution in [0.3, 0.4) is 0 Å². The molecule has 0 bridgehead atoms. The molecule has 1 saturated carbocycles. The molecule has 0 heterocycles. The minimum absolute atomic E-state index is 0.0937. The number of phenolic OH excluding ortho intramolecular Hbond substituents is 2. The zero-order valence-electron chi connectivity index (χ0n) is 11.4. The number of carbonyl (C=O) groups excluding carboxylic acids is 1. The Hall–Kier alpha value is -1.75. The Labute approximate surface area is 118 Å². The zero-order chi connectivity index (χ0) is 14.5. The maximum Gasteiger partial charge on any atom is 0.258 e. The smallest absolute Gasteiger partial charge is 0.258 e. The molecule has 1 aromatic rings. The van der Waals surface area contributed by atoms with Gasteiger partial charge in [0.25, 0.3) is 5.91 Å². The molecule has 2 unspecified atom stereocenters. The van der Waals surface area contributed by atoms with Gasteiger partial charge in [-0.2, -0.15) is 0 Å². The number of aromatic hydroxyl groups is 2. The molecular weight excluding hydrogens is 258 g/mol. The first kappa shape index (κ1) is 14.7. The van der Waals surface area contributed by atoms with Crippen molar-refractivity contribution in [2.24, 2.45) is 11.8 Å². The number of carbonyl (C=O) groups is 1. The number of phenols is 2. The van der Waals surface area contributed by atoms with Crippen LogP contribution in [0.25, 0.3) is 0 Å². The van der Waals surface area contributed by atoms with Gasteiger partial charge in [-0.3, -0.25) is 4.79 Å². The summed E-state index contributed by atoms with van der Waals surface area (Å²) in [7, 11) is 0. The summed E-state index contributed by atoms with van der Waals surface area (Å²) in [5.41, 5.74) is -0.0937. The van der Waals surface area contributed by atoms with Crippen molar-refractivity contribution in [1.82, 2.24) is 5.32 Å². The number of hydrogen-bond donors (Lipinski definition) is 4. The zero-order valence-corrected chi connectivity index (χ0v) is 11.4. The molecule has 1 amide bonds. The van der Waals surface area contributed by atoms with E-state index in [1.807, 2.05) is 0 Å². The summed E-state index contributed by atoms with van der Waals surface area (Å²) in [4.78, 5) is 12.0. The number of aliphatic hydroxyl groups excluding tert-OH is 1. The number of amides is 1. The quantitative estimate of drug-likeness (QED) is 0.674. The molecule has 1 aromatic carbocycles. The average molecular weight is 279 g/mol. The molecule has 1 aliphatic rings. The Morgan fingerprint density at radius 3 is 2.35 bits per heavy atom. The van der Waals surface area contributed by atoms with Gasteiger partial charge in [-0.25, -0.2) is 0 Å². The van der Waals surface area contributed by atoms with Crippen LogP contribution in [0, 0.1) is 11.8 Å². The van der Waals surface area contributed by atoms with Crippen molar-refractivity contribution in [3.63, 3.8) is 0 Å². The summed E-state index contributed by atoms with van der Waals surface area (Å²) < 4.78 is 0. The lowest BCUT2D eigenvalue weighted by Crippen LogP contribution is -2.35. The Bertz CT molecular complexity index is 455. The first-order valence-electron chi connectivity index (χ1n) is 7.03. The van der Waals surface area contributed by atoms with Gasteiger partial charge in [0.2, 0.25) is 0 Å². The van der Waals surface area contributed by atoms with E-state index in [4.69, 9.17) is 0 Å². The fourth-order valence-electron chi connectivity index (χ4n) is 2.87. The predicted octanol–water partition coefficient (Wildman–Crippen LogP) is 1.63. The van der Waals surface area contributed by atoms with E-state index in [1.165, 1.54) is 18.2 Å². The van der Waals surface area contributed by atoms with E-state index in [-0.39, 0.29) is 35.5 Å². The first-order valence-corrected chi connectivity index (χ1v) is 7.03. The van der Waals surface area contributed by atoms with Crippen molar-refractivity contribution >= 4 is 5.91 Å². The van der Waals surface area contributed by atoms with Crippen molar-refractivity contribution in [2.45, 2.75) is 25.7 Å². The third-order valence-electron chi connectivity index (χ3n) is 4.07. The summed E-state index contributed by atoms with van der Waals surface area (Å²) in [5.74, 6) is -0.467. The second-order valence-electron chi connectivity index (χ2n) is 5.37. The van der Waals surface area contributed by atoms with Crippen LogP contribution in [0.4, 0.5) is 0 Å². The van der Waals surface area contributed by atoms with E-state index in [0.717, 1.165) is 25.7 Å². The minimum atomic E-state index is -0.483. The lowest BCUT2D eigenvalue weighted by Gasteiger charge is -2.30. The number of rotatable bonds is 4. The highest BCUT2D eigenvalue weighted by molar-refractivity contribution is 5.99. The fourth-order valence-corrected chi connectivity index (χ4v) is 2.87. The third kappa shape index (κ3) is 3.22. The van der Waals surface area contributed by atoms with Crippen LogP contribution in [0.2, 0.25) is 0 Å². The molecule has 2 rings (SSSR count). The van der Waals surface area contributed by atoms with Gasteiger partial charge >= 0.3 is 0 Å². The molecule has 20 heavy (non-hydrogen) atoms. The Morgan fingerprint density at radius 2 is 1.75 bits per heavy atom. The molecule has 110 valence electrons. The molecule has 0 aliphatic heterocycles. The van der Waals surface area contributed by atoms with Gasteiger partial charge in [-0.05, 0) is 36.8 Å². The van der Waals surface area contributed by atoms with Gasteiger partial charge in [-0.15, -0.1) is 0 Å². The van der Waals surface area contributed by atoms with Crippen LogP contribution in [-0.4, -0.2) is 34.4 Å². The molecule has 5 nitrogen and oxygen atoms in total. The van der Waals surface area contributed by atoms with Crippen molar-refractivity contribution in [2.75, 3.05) is 13.2 Å². The van der Waals surface area contributed by atoms with E-state index in [2.05, 4.69) is 5.32 Å². The van der Waals surface area contributed by atoms with Crippen LogP contribution >= 0.6 is 0 Å². The molecule has 0 saturated heterocycles. The second-order valence-corrected chi connectivity index (χ2v) is 5.37. The van der Waals surface area contributed by atoms with Crippen molar-refractivity contribution < 1.29 is 20.1 Å². The Kier molecular flexibility index (Phi) is 4.84. The SMILES string of the molecule is O=C(NCC1CCCCC1CO)c1c(O)cccc1O. The maximum atomic E-state index is 12.0. The van der Waals surface area contributed by atoms with Crippen LogP contribution in [0.5, 0.6) is 11.5 Å². The normalized spacial score (nSPS) is 22.4. The molecule has 1 fully saturated rings. The standard InChI is InChI=1S/C15H21NO4/c17-9-11-5-2-1-4-10(11)8-16-15(20)14-12(18)6-3-7-13(14)19/h3,6-7,10-11,17-19H,1-2,4-5,8-9H2,(H,16,20). The van der Waals surface area contributed by atoms with Crippen molar-refractivity contribution in [3.8, 4) is 11.5 Å². The topological polar surface area (TPSA) is 89.8 Å². The number of hydrogen-bond acceptors (Lipinski definition) is 4. The summed E-state index contributed by atoms with van der Waals surface area (Å²) in [6.07, 6.45) is 4.20. The van der Waals surface area contributed by atoms with Crippen LogP contribution in [0.1, 0.15) is 36.0 Å². The summed E-state index contributed by atoms with van der Waals surface area (Å²) in [5, 5.41) is 31.4. The van der Waals surface area contributed by atoms with E-state index in [0.29, 0.717) is 6.54 Å². The van der Waals surface area contributed by atoms with Crippen LogP contribution in [-0.2, 0) is 0 Å². The number of nitrogens with one attached hydrogen (secondary N) is 1. The van der Waals surface area contributed by atoms with Gasteiger partial charge < -0.3 is 20.6 Å². The van der Waals surface area contributed by atoms with Gasteiger partial charge in [0.1, 0.15) is 17.1 Å². The fraction of sp³-hybridized carbons (Fsp3) is 0.533. The van der Waals surface area contributed by atoms with Crippen molar-refractivity contribution in [1.29, 1.82) is 0 Å². The van der Waals surface area contributed by atoms with E-state index < -0.39 is 5.91 Å². The number of benzene rings is 1. The van der Waals surface area contributed by atoms with E-state index in [9.17, 15) is 20.1 Å². The van der Waals surface area contributed by atoms with E-state index >= 15 is 0 Å². The van der Waals surface area contributed by atoms with Gasteiger partial charge in [0.15, 0.2) is 0 Å². The van der Waals surface area contributed by atoms with Crippen LogP contribution < -0.4 is 5.32 Å². The van der Waals surface area contributed by atoms with E-state index in [1.54, 1.807) is 0 Å². The molecule has 5 heteroatoms. The molecule has 1 aliphatic carbocycles. The molecule has 0 spiro atoms. The first-order chi connectivity index (χ1) is 9.63. The van der Waals surface area contributed by atoms with Crippen LogP contribution in [0.15, 0.2) is 18.2 Å². The van der Waals surface area contributed by atoms with Crippen molar-refractivity contribution in [3.05, 3.63) is 23.8 Å². The third-order valence-corrected chi connectivity index (χ3v) is 4.07. The molecule has 0 aromatic heterocycles. The lowest BCUT2D eigenvalue weighted by molar-refractivity contribution is 0.0904. The Balaban J connectivity index is 1.98. The molecule has 0 radical (unpaired) electrons. The summed E-state index contributed by atoms with van der Waals surface area (Å²) in [6, 6.07) is 4.21. The lowest BCUT2D eigenvalue weighted by atomic mass is 9.79. The highest BCUT2D eigenvalue weighted by atomic mass is 16.3. The van der Waals surface area contributed by atoms with Gasteiger partial charge in [0, 0.05) is 13.2 Å². The average Bonchev–Trinajstić information content (AvgIpc) is 2.45. The highest BCUT2D eigenvalue weighted by Gasteiger charge is 2.25. The largest absolute Gasteiger partial charge is 0.507 e. The summed E-state index contributed by atoms with van der Waals surface area (Å²) in [6.45, 7) is 0.597. The maximum absolute atomic E-state index is 12.0. The van der Waals surface area contributed by atoms with Gasteiger partial charge in [-0.1, -0.05) is 18.9 Å². The Morgan fingerprint density at radius 1 is 1.15 bits per heavy atom.